The van der Waals surface area contributed by atoms with Gasteiger partial charge in [0.2, 0.25) is 0 Å². The molecular weight excluding hydrogens is 356 g/mol. The van der Waals surface area contributed by atoms with E-state index in [0.717, 1.165) is 33.5 Å². The first kappa shape index (κ1) is 17.5. The van der Waals surface area contributed by atoms with E-state index in [1.165, 1.54) is 11.3 Å². The molecule has 6 heteroatoms. The zero-order valence-electron chi connectivity index (χ0n) is 14.7. The van der Waals surface area contributed by atoms with Gasteiger partial charge in [0.15, 0.2) is 0 Å². The van der Waals surface area contributed by atoms with Gasteiger partial charge in [0.05, 0.1) is 4.88 Å². The molecule has 4 N–H and O–H groups in total. The average Bonchev–Trinajstić information content (AvgIpc) is 3.37. The third-order valence-electron chi connectivity index (χ3n) is 4.50. The second kappa shape index (κ2) is 7.73. The predicted molar refractivity (Wildman–Crippen MR) is 110 cm³/mol. The van der Waals surface area contributed by atoms with Crippen LogP contribution in [-0.2, 0) is 6.42 Å². The van der Waals surface area contributed by atoms with E-state index in [0.29, 0.717) is 11.4 Å². The van der Waals surface area contributed by atoms with Crippen molar-refractivity contribution in [1.82, 2.24) is 15.3 Å². The van der Waals surface area contributed by atoms with Crippen molar-refractivity contribution >= 4 is 28.3 Å². The molecule has 0 fully saturated rings. The Labute approximate surface area is 161 Å². The van der Waals surface area contributed by atoms with Gasteiger partial charge in [-0.3, -0.25) is 4.79 Å². The minimum atomic E-state index is -0.0947. The minimum absolute atomic E-state index is 0.0861. The maximum atomic E-state index is 12.7. The molecule has 0 spiro atoms. The van der Waals surface area contributed by atoms with Crippen molar-refractivity contribution in [1.29, 1.82) is 0 Å². The van der Waals surface area contributed by atoms with Gasteiger partial charge in [-0.05, 0) is 36.2 Å². The van der Waals surface area contributed by atoms with Gasteiger partial charge in [-0.25, -0.2) is 4.98 Å². The Hall–Kier alpha value is -2.96. The fourth-order valence-electron chi connectivity index (χ4n) is 3.13. The molecule has 3 aromatic heterocycles. The van der Waals surface area contributed by atoms with E-state index in [1.807, 2.05) is 60.8 Å². The first-order valence-electron chi connectivity index (χ1n) is 8.82. The SMILES string of the molecule is NCC(Cc1ccccc1)NC(=O)c1ccc(-c2ccnc3[nH]ccc23)s1. The predicted octanol–water partition coefficient (Wildman–Crippen LogP) is 3.59. The van der Waals surface area contributed by atoms with E-state index in [9.17, 15) is 4.79 Å². The summed E-state index contributed by atoms with van der Waals surface area (Å²) in [4.78, 5) is 21.8. The van der Waals surface area contributed by atoms with Crippen LogP contribution in [0.3, 0.4) is 0 Å². The van der Waals surface area contributed by atoms with Crippen molar-refractivity contribution in [3.63, 3.8) is 0 Å². The molecule has 136 valence electrons. The Morgan fingerprint density at radius 3 is 2.81 bits per heavy atom. The lowest BCUT2D eigenvalue weighted by molar-refractivity contribution is 0.0942. The monoisotopic (exact) mass is 376 g/mol. The zero-order chi connectivity index (χ0) is 18.6. The van der Waals surface area contributed by atoms with Gasteiger partial charge in [-0.1, -0.05) is 30.3 Å². The molecule has 1 atom stereocenters. The second-order valence-electron chi connectivity index (χ2n) is 6.36. The summed E-state index contributed by atoms with van der Waals surface area (Å²) in [5.41, 5.74) is 8.95. The number of nitrogens with two attached hydrogens (primary N) is 1. The lowest BCUT2D eigenvalue weighted by Crippen LogP contribution is -2.41. The number of carbonyl (C=O) groups excluding carboxylic acids is 1. The molecule has 1 amide bonds. The van der Waals surface area contributed by atoms with Crippen LogP contribution in [0.25, 0.3) is 21.5 Å². The zero-order valence-corrected chi connectivity index (χ0v) is 15.5. The fourth-order valence-corrected chi connectivity index (χ4v) is 4.08. The van der Waals surface area contributed by atoms with E-state index in [1.54, 1.807) is 6.20 Å². The van der Waals surface area contributed by atoms with Crippen molar-refractivity contribution in [3.05, 3.63) is 77.4 Å². The van der Waals surface area contributed by atoms with Gasteiger partial charge in [-0.2, -0.15) is 0 Å². The van der Waals surface area contributed by atoms with E-state index >= 15 is 0 Å². The number of nitrogens with zero attached hydrogens (tertiary/aromatic N) is 1. The number of aromatic nitrogens is 2. The highest BCUT2D eigenvalue weighted by Gasteiger charge is 2.16. The molecule has 1 unspecified atom stereocenters. The molecule has 0 aliphatic carbocycles. The van der Waals surface area contributed by atoms with Crippen molar-refractivity contribution < 1.29 is 4.79 Å². The number of benzene rings is 1. The highest BCUT2D eigenvalue weighted by atomic mass is 32.1. The van der Waals surface area contributed by atoms with E-state index in [4.69, 9.17) is 5.73 Å². The Morgan fingerprint density at radius 2 is 2.00 bits per heavy atom. The lowest BCUT2D eigenvalue weighted by Gasteiger charge is -2.16. The van der Waals surface area contributed by atoms with Crippen LogP contribution in [-0.4, -0.2) is 28.5 Å². The molecule has 5 nitrogen and oxygen atoms in total. The molecule has 1 aromatic carbocycles. The van der Waals surface area contributed by atoms with Crippen LogP contribution in [0.2, 0.25) is 0 Å². The number of aromatic amines is 1. The Bertz CT molecular complexity index is 1050. The summed E-state index contributed by atoms with van der Waals surface area (Å²) in [5.74, 6) is -0.0861. The average molecular weight is 376 g/mol. The number of hydrogen-bond donors (Lipinski definition) is 3. The van der Waals surface area contributed by atoms with E-state index in [-0.39, 0.29) is 11.9 Å². The van der Waals surface area contributed by atoms with Gasteiger partial charge < -0.3 is 16.0 Å². The number of thiophene rings is 1. The summed E-state index contributed by atoms with van der Waals surface area (Å²) < 4.78 is 0. The normalized spacial score (nSPS) is 12.2. The number of rotatable bonds is 6. The van der Waals surface area contributed by atoms with Crippen LogP contribution >= 0.6 is 11.3 Å². The number of hydrogen-bond acceptors (Lipinski definition) is 4. The number of fused-ring (bicyclic) bond motifs is 1. The third-order valence-corrected chi connectivity index (χ3v) is 5.62. The Morgan fingerprint density at radius 1 is 1.15 bits per heavy atom. The van der Waals surface area contributed by atoms with Crippen LogP contribution < -0.4 is 11.1 Å². The molecule has 0 saturated heterocycles. The standard InChI is InChI=1S/C21H20N4OS/c22-13-15(12-14-4-2-1-3-5-14)25-21(26)19-7-6-18(27-19)16-8-10-23-20-17(16)9-11-24-20/h1-11,15H,12-13,22H2,(H,23,24)(H,25,26). The third kappa shape index (κ3) is 3.77. The van der Waals surface area contributed by atoms with Gasteiger partial charge in [0.1, 0.15) is 5.65 Å². The first-order chi connectivity index (χ1) is 13.2. The Balaban J connectivity index is 1.51. The number of carbonyl (C=O) groups is 1. The smallest absolute Gasteiger partial charge is 0.261 e. The highest BCUT2D eigenvalue weighted by molar-refractivity contribution is 7.17. The molecule has 0 aliphatic rings. The molecular formula is C21H20N4OS. The number of H-pyrrole nitrogens is 1. The fraction of sp³-hybridized carbons (Fsp3) is 0.143. The van der Waals surface area contributed by atoms with Crippen LogP contribution in [0.1, 0.15) is 15.2 Å². The molecule has 0 radical (unpaired) electrons. The molecule has 0 aliphatic heterocycles. The van der Waals surface area contributed by atoms with E-state index in [2.05, 4.69) is 15.3 Å². The van der Waals surface area contributed by atoms with Crippen molar-refractivity contribution in [2.75, 3.05) is 6.54 Å². The summed E-state index contributed by atoms with van der Waals surface area (Å²) in [6.45, 7) is 0.396. The minimum Gasteiger partial charge on any atom is -0.347 e. The molecule has 0 saturated carbocycles. The lowest BCUT2D eigenvalue weighted by atomic mass is 10.1. The van der Waals surface area contributed by atoms with Crippen molar-refractivity contribution in [3.8, 4) is 10.4 Å². The number of nitrogens with one attached hydrogen (secondary N) is 2. The molecule has 4 aromatic rings. The maximum absolute atomic E-state index is 12.7. The molecule has 3 heterocycles. The van der Waals surface area contributed by atoms with Gasteiger partial charge >= 0.3 is 0 Å². The summed E-state index contributed by atoms with van der Waals surface area (Å²) in [6.07, 6.45) is 4.37. The van der Waals surface area contributed by atoms with Gasteiger partial charge in [0.25, 0.3) is 5.91 Å². The number of amides is 1. The second-order valence-corrected chi connectivity index (χ2v) is 7.44. The quantitative estimate of drug-likeness (QED) is 0.481. The van der Waals surface area contributed by atoms with Crippen molar-refractivity contribution in [2.45, 2.75) is 12.5 Å². The Kier molecular flexibility index (Phi) is 5.00. The van der Waals surface area contributed by atoms with E-state index < -0.39 is 0 Å². The summed E-state index contributed by atoms with van der Waals surface area (Å²) >= 11 is 1.48. The summed E-state index contributed by atoms with van der Waals surface area (Å²) in [6, 6.07) is 17.8. The van der Waals surface area contributed by atoms with Gasteiger partial charge in [0, 0.05) is 40.8 Å². The highest BCUT2D eigenvalue weighted by Crippen LogP contribution is 2.32. The molecule has 27 heavy (non-hydrogen) atoms. The van der Waals surface area contributed by atoms with Gasteiger partial charge in [-0.15, -0.1) is 11.3 Å². The van der Waals surface area contributed by atoms with Crippen LogP contribution in [0.15, 0.2) is 67.0 Å². The van der Waals surface area contributed by atoms with Crippen molar-refractivity contribution in [2.24, 2.45) is 5.73 Å². The van der Waals surface area contributed by atoms with Crippen LogP contribution in [0.5, 0.6) is 0 Å². The molecule has 0 bridgehead atoms. The summed E-state index contributed by atoms with van der Waals surface area (Å²) in [7, 11) is 0. The topological polar surface area (TPSA) is 83.8 Å². The number of pyridine rings is 1. The largest absolute Gasteiger partial charge is 0.347 e. The van der Waals surface area contributed by atoms with Crippen LogP contribution in [0.4, 0.5) is 0 Å². The van der Waals surface area contributed by atoms with Crippen LogP contribution in [0, 0.1) is 0 Å². The molecule has 4 rings (SSSR count). The maximum Gasteiger partial charge on any atom is 0.261 e. The first-order valence-corrected chi connectivity index (χ1v) is 9.63. The summed E-state index contributed by atoms with van der Waals surface area (Å²) in [5, 5.41) is 4.11.